The van der Waals surface area contributed by atoms with E-state index in [1.165, 1.54) is 6.20 Å². The Hall–Kier alpha value is -1.59. The topological polar surface area (TPSA) is 65.2 Å². The van der Waals surface area contributed by atoms with Gasteiger partial charge < -0.3 is 10.5 Å². The summed E-state index contributed by atoms with van der Waals surface area (Å²) in [4.78, 5) is 15.7. The van der Waals surface area contributed by atoms with Crippen LogP contribution in [-0.4, -0.2) is 11.0 Å². The van der Waals surface area contributed by atoms with Crippen LogP contribution >= 0.6 is 27.5 Å². The SMILES string of the molecule is Nc1cc(C(=O)OCc2ccncc2Cl)ccc1Br. The molecule has 1 heterocycles. The molecular weight excluding hydrogens is 332 g/mol. The number of aromatic nitrogens is 1. The smallest absolute Gasteiger partial charge is 0.338 e. The number of hydrogen-bond donors (Lipinski definition) is 1. The fraction of sp³-hybridized carbons (Fsp3) is 0.0769. The molecule has 0 atom stereocenters. The number of halogens is 2. The van der Waals surface area contributed by atoms with Crippen LogP contribution in [0, 0.1) is 0 Å². The zero-order valence-electron chi connectivity index (χ0n) is 9.77. The number of nitrogens with two attached hydrogens (primary N) is 1. The summed E-state index contributed by atoms with van der Waals surface area (Å²) in [5, 5.41) is 0.464. The second kappa shape index (κ2) is 6.04. The lowest BCUT2D eigenvalue weighted by molar-refractivity contribution is 0.0473. The molecule has 6 heteroatoms. The van der Waals surface area contributed by atoms with Crippen molar-refractivity contribution in [2.24, 2.45) is 0 Å². The highest BCUT2D eigenvalue weighted by Crippen LogP contribution is 2.21. The van der Waals surface area contributed by atoms with Crippen LogP contribution < -0.4 is 5.73 Å². The van der Waals surface area contributed by atoms with Crippen molar-refractivity contribution < 1.29 is 9.53 Å². The highest BCUT2D eigenvalue weighted by molar-refractivity contribution is 9.10. The molecule has 98 valence electrons. The molecule has 1 aromatic carbocycles. The molecule has 0 aliphatic heterocycles. The van der Waals surface area contributed by atoms with E-state index < -0.39 is 5.97 Å². The Balaban J connectivity index is 2.05. The normalized spacial score (nSPS) is 10.2. The van der Waals surface area contributed by atoms with Crippen molar-refractivity contribution in [1.82, 2.24) is 4.98 Å². The lowest BCUT2D eigenvalue weighted by atomic mass is 10.2. The average Bonchev–Trinajstić information content (AvgIpc) is 2.40. The van der Waals surface area contributed by atoms with Crippen LogP contribution in [0.15, 0.2) is 41.1 Å². The summed E-state index contributed by atoms with van der Waals surface area (Å²) in [6.45, 7) is 0.0934. The number of nitrogens with zero attached hydrogens (tertiary/aromatic N) is 1. The van der Waals surface area contributed by atoms with Crippen molar-refractivity contribution in [3.8, 4) is 0 Å². The second-order valence-electron chi connectivity index (χ2n) is 3.78. The molecule has 2 aromatic rings. The summed E-state index contributed by atoms with van der Waals surface area (Å²) in [5.41, 5.74) is 7.29. The number of anilines is 1. The number of rotatable bonds is 3. The summed E-state index contributed by atoms with van der Waals surface area (Å²) in [5.74, 6) is -0.452. The highest BCUT2D eigenvalue weighted by atomic mass is 79.9. The first-order valence-electron chi connectivity index (χ1n) is 5.38. The zero-order chi connectivity index (χ0) is 13.8. The molecule has 0 radical (unpaired) electrons. The van der Waals surface area contributed by atoms with Gasteiger partial charge in [-0.25, -0.2) is 4.79 Å². The minimum Gasteiger partial charge on any atom is -0.457 e. The fourth-order valence-corrected chi connectivity index (χ4v) is 1.84. The monoisotopic (exact) mass is 340 g/mol. The van der Waals surface area contributed by atoms with Gasteiger partial charge in [-0.3, -0.25) is 4.98 Å². The summed E-state index contributed by atoms with van der Waals surface area (Å²) in [6.07, 6.45) is 3.09. The van der Waals surface area contributed by atoms with E-state index in [-0.39, 0.29) is 6.61 Å². The van der Waals surface area contributed by atoms with Crippen molar-refractivity contribution in [2.75, 3.05) is 5.73 Å². The maximum absolute atomic E-state index is 11.8. The van der Waals surface area contributed by atoms with Gasteiger partial charge in [0.2, 0.25) is 0 Å². The predicted octanol–water partition coefficient (Wildman–Crippen LogP) is 3.44. The number of benzene rings is 1. The van der Waals surface area contributed by atoms with Crippen molar-refractivity contribution in [3.05, 3.63) is 57.3 Å². The fourth-order valence-electron chi connectivity index (χ4n) is 1.42. The molecule has 0 aliphatic carbocycles. The van der Waals surface area contributed by atoms with Crippen molar-refractivity contribution in [3.63, 3.8) is 0 Å². The van der Waals surface area contributed by atoms with Crippen molar-refractivity contribution in [1.29, 1.82) is 0 Å². The molecule has 0 unspecified atom stereocenters. The highest BCUT2D eigenvalue weighted by Gasteiger charge is 2.10. The summed E-state index contributed by atoms with van der Waals surface area (Å²) < 4.78 is 5.91. The van der Waals surface area contributed by atoms with Crippen molar-refractivity contribution >= 4 is 39.2 Å². The number of carbonyl (C=O) groups excluding carboxylic acids is 1. The molecule has 0 amide bonds. The van der Waals surface area contributed by atoms with E-state index in [0.717, 1.165) is 4.47 Å². The van der Waals surface area contributed by atoms with E-state index in [9.17, 15) is 4.79 Å². The van der Waals surface area contributed by atoms with E-state index in [4.69, 9.17) is 22.1 Å². The van der Waals surface area contributed by atoms with Gasteiger partial charge in [0.25, 0.3) is 0 Å². The average molecular weight is 342 g/mol. The summed E-state index contributed by atoms with van der Waals surface area (Å²) >= 11 is 9.18. The minimum absolute atomic E-state index is 0.0934. The Morgan fingerprint density at radius 1 is 1.42 bits per heavy atom. The van der Waals surface area contributed by atoms with Crippen LogP contribution in [0.3, 0.4) is 0 Å². The number of hydrogen-bond acceptors (Lipinski definition) is 4. The van der Waals surface area contributed by atoms with Crippen LogP contribution in [0.25, 0.3) is 0 Å². The first-order chi connectivity index (χ1) is 9.08. The van der Waals surface area contributed by atoms with Crippen LogP contribution in [0.2, 0.25) is 5.02 Å². The predicted molar refractivity (Wildman–Crippen MR) is 76.9 cm³/mol. The summed E-state index contributed by atoms with van der Waals surface area (Å²) in [7, 11) is 0. The second-order valence-corrected chi connectivity index (χ2v) is 5.04. The maximum Gasteiger partial charge on any atom is 0.338 e. The number of esters is 1. The molecular formula is C13H10BrClN2O2. The van der Waals surface area contributed by atoms with Crippen LogP contribution in [0.1, 0.15) is 15.9 Å². The van der Waals surface area contributed by atoms with E-state index in [1.807, 2.05) is 0 Å². The van der Waals surface area contributed by atoms with Gasteiger partial charge in [-0.1, -0.05) is 11.6 Å². The Labute approximate surface area is 123 Å². The maximum atomic E-state index is 11.8. The van der Waals surface area contributed by atoms with E-state index in [2.05, 4.69) is 20.9 Å². The van der Waals surface area contributed by atoms with Crippen molar-refractivity contribution in [2.45, 2.75) is 6.61 Å². The van der Waals surface area contributed by atoms with Crippen LogP contribution in [-0.2, 0) is 11.3 Å². The standard InChI is InChI=1S/C13H10BrClN2O2/c14-10-2-1-8(5-12(10)16)13(18)19-7-9-3-4-17-6-11(9)15/h1-6H,7,16H2. The summed E-state index contributed by atoms with van der Waals surface area (Å²) in [6, 6.07) is 6.59. The molecule has 0 saturated heterocycles. The third-order valence-corrected chi connectivity index (χ3v) is 3.51. The van der Waals surface area contributed by atoms with Gasteiger partial charge in [0.05, 0.1) is 10.6 Å². The van der Waals surface area contributed by atoms with Gasteiger partial charge in [-0.2, -0.15) is 0 Å². The van der Waals surface area contributed by atoms with E-state index in [0.29, 0.717) is 21.8 Å². The van der Waals surface area contributed by atoms with Gasteiger partial charge in [0.1, 0.15) is 6.61 Å². The lowest BCUT2D eigenvalue weighted by Crippen LogP contribution is -2.06. The molecule has 1 aromatic heterocycles. The van der Waals surface area contributed by atoms with Gasteiger partial charge in [-0.15, -0.1) is 0 Å². The Morgan fingerprint density at radius 2 is 2.21 bits per heavy atom. The minimum atomic E-state index is -0.452. The molecule has 0 aliphatic rings. The number of pyridine rings is 1. The first-order valence-corrected chi connectivity index (χ1v) is 6.55. The molecule has 2 N–H and O–H groups in total. The number of nitrogen functional groups attached to an aromatic ring is 1. The van der Waals surface area contributed by atoms with Gasteiger partial charge in [-0.05, 0) is 40.2 Å². The van der Waals surface area contributed by atoms with Gasteiger partial charge >= 0.3 is 5.97 Å². The Bertz CT molecular complexity index is 619. The zero-order valence-corrected chi connectivity index (χ0v) is 12.1. The van der Waals surface area contributed by atoms with E-state index >= 15 is 0 Å². The Kier molecular flexibility index (Phi) is 4.39. The quantitative estimate of drug-likeness (QED) is 0.686. The van der Waals surface area contributed by atoms with E-state index in [1.54, 1.807) is 30.5 Å². The third-order valence-electron chi connectivity index (χ3n) is 2.45. The molecule has 0 saturated carbocycles. The van der Waals surface area contributed by atoms with Crippen LogP contribution in [0.4, 0.5) is 5.69 Å². The molecule has 0 bridgehead atoms. The van der Waals surface area contributed by atoms with Gasteiger partial charge in [0.15, 0.2) is 0 Å². The van der Waals surface area contributed by atoms with Crippen LogP contribution in [0.5, 0.6) is 0 Å². The molecule has 19 heavy (non-hydrogen) atoms. The number of carbonyl (C=O) groups is 1. The molecule has 0 spiro atoms. The third kappa shape index (κ3) is 3.45. The molecule has 4 nitrogen and oxygen atoms in total. The van der Waals surface area contributed by atoms with Gasteiger partial charge in [0, 0.05) is 28.1 Å². The Morgan fingerprint density at radius 3 is 2.89 bits per heavy atom. The first kappa shape index (κ1) is 13.8. The molecule has 2 rings (SSSR count). The number of ether oxygens (including phenoxy) is 1. The lowest BCUT2D eigenvalue weighted by Gasteiger charge is -2.07. The largest absolute Gasteiger partial charge is 0.457 e. The molecule has 0 fully saturated rings.